The minimum atomic E-state index is -1.05. The molecule has 2 aromatic heterocycles. The molecule has 0 radical (unpaired) electrons. The number of H-pyrrole nitrogens is 2. The van der Waals surface area contributed by atoms with E-state index in [0.717, 1.165) is 11.3 Å². The summed E-state index contributed by atoms with van der Waals surface area (Å²) in [6, 6.07) is 4.41. The van der Waals surface area contributed by atoms with Gasteiger partial charge in [0.25, 0.3) is 0 Å². The van der Waals surface area contributed by atoms with Crippen LogP contribution in [-0.2, 0) is 6.54 Å². The van der Waals surface area contributed by atoms with Crippen LogP contribution in [0.25, 0.3) is 11.0 Å². The lowest BCUT2D eigenvalue weighted by molar-refractivity contribution is 0.0697. The van der Waals surface area contributed by atoms with Crippen molar-refractivity contribution in [1.82, 2.24) is 14.5 Å². The summed E-state index contributed by atoms with van der Waals surface area (Å²) < 4.78 is 1.44. The summed E-state index contributed by atoms with van der Waals surface area (Å²) in [5.41, 5.74) is 1.43. The van der Waals surface area contributed by atoms with E-state index in [4.69, 9.17) is 5.11 Å². The smallest absolute Gasteiger partial charge is 0.335 e. The van der Waals surface area contributed by atoms with Crippen LogP contribution >= 0.6 is 11.3 Å². The molecule has 20 heavy (non-hydrogen) atoms. The molecule has 0 unspecified atom stereocenters. The standard InChI is InChI=1S/C12H9N3O4S/c16-10(17)6-1-2-9-8(3-6)14-11(18)15(9)4-7-5-20-12(19)13-7/h1-3,5H,4H2,(H,13,19)(H,14,18)(H,16,17). The Hall–Kier alpha value is -2.61. The van der Waals surface area contributed by atoms with Gasteiger partial charge in [-0.15, -0.1) is 0 Å². The van der Waals surface area contributed by atoms with Gasteiger partial charge in [-0.3, -0.25) is 9.36 Å². The fraction of sp³-hybridized carbons (Fsp3) is 0.0833. The van der Waals surface area contributed by atoms with Gasteiger partial charge < -0.3 is 15.1 Å². The SMILES string of the molecule is O=C(O)c1ccc2c(c1)[nH]c(=O)n2Cc1csc(=O)[nH]1. The van der Waals surface area contributed by atoms with Crippen LogP contribution in [0, 0.1) is 0 Å². The van der Waals surface area contributed by atoms with Crippen LogP contribution in [0.15, 0.2) is 33.2 Å². The monoisotopic (exact) mass is 291 g/mol. The Labute approximate surface area is 115 Å². The number of nitrogens with zero attached hydrogens (tertiary/aromatic N) is 1. The molecular weight excluding hydrogens is 282 g/mol. The van der Waals surface area contributed by atoms with Crippen molar-refractivity contribution in [2.24, 2.45) is 0 Å². The van der Waals surface area contributed by atoms with Crippen molar-refractivity contribution in [3.05, 3.63) is 55.0 Å². The highest BCUT2D eigenvalue weighted by Crippen LogP contribution is 2.14. The molecule has 3 rings (SSSR count). The van der Waals surface area contributed by atoms with E-state index in [-0.39, 0.29) is 22.7 Å². The number of carbonyl (C=O) groups is 1. The van der Waals surface area contributed by atoms with E-state index < -0.39 is 5.97 Å². The van der Waals surface area contributed by atoms with Crippen molar-refractivity contribution in [2.45, 2.75) is 6.54 Å². The van der Waals surface area contributed by atoms with Crippen molar-refractivity contribution in [3.63, 3.8) is 0 Å². The molecule has 2 heterocycles. The summed E-state index contributed by atoms with van der Waals surface area (Å²) in [7, 11) is 0. The number of carboxylic acid groups (broad SMARTS) is 1. The van der Waals surface area contributed by atoms with Crippen LogP contribution < -0.4 is 10.6 Å². The molecule has 0 aliphatic heterocycles. The molecule has 102 valence electrons. The van der Waals surface area contributed by atoms with Crippen molar-refractivity contribution in [3.8, 4) is 0 Å². The molecule has 3 aromatic rings. The molecule has 0 saturated heterocycles. The maximum atomic E-state index is 11.9. The molecule has 3 N–H and O–H groups in total. The number of hydrogen-bond donors (Lipinski definition) is 3. The number of imidazole rings is 1. The van der Waals surface area contributed by atoms with Gasteiger partial charge in [-0.1, -0.05) is 11.3 Å². The number of aromatic carboxylic acids is 1. The van der Waals surface area contributed by atoms with Crippen LogP contribution in [0.4, 0.5) is 0 Å². The van der Waals surface area contributed by atoms with Gasteiger partial charge in [0.15, 0.2) is 0 Å². The highest BCUT2D eigenvalue weighted by atomic mass is 32.1. The maximum absolute atomic E-state index is 11.9. The fourth-order valence-electron chi connectivity index (χ4n) is 2.02. The number of benzene rings is 1. The van der Waals surface area contributed by atoms with Gasteiger partial charge in [-0.25, -0.2) is 9.59 Å². The van der Waals surface area contributed by atoms with Crippen LogP contribution in [0.2, 0.25) is 0 Å². The van der Waals surface area contributed by atoms with E-state index in [1.54, 1.807) is 11.4 Å². The minimum absolute atomic E-state index is 0.106. The lowest BCUT2D eigenvalue weighted by Gasteiger charge is -2.01. The van der Waals surface area contributed by atoms with Crippen LogP contribution in [0.3, 0.4) is 0 Å². The Morgan fingerprint density at radius 2 is 2.10 bits per heavy atom. The average molecular weight is 291 g/mol. The van der Waals surface area contributed by atoms with E-state index >= 15 is 0 Å². The Morgan fingerprint density at radius 1 is 1.30 bits per heavy atom. The van der Waals surface area contributed by atoms with Crippen molar-refractivity contribution in [2.75, 3.05) is 0 Å². The lowest BCUT2D eigenvalue weighted by atomic mass is 10.2. The first kappa shape index (κ1) is 12.4. The molecule has 0 saturated carbocycles. The van der Waals surface area contributed by atoms with Crippen molar-refractivity contribution >= 4 is 28.3 Å². The summed E-state index contributed by atoms with van der Waals surface area (Å²) in [5, 5.41) is 10.6. The molecule has 0 amide bonds. The fourth-order valence-corrected chi connectivity index (χ4v) is 2.59. The quantitative estimate of drug-likeness (QED) is 0.664. The summed E-state index contributed by atoms with van der Waals surface area (Å²) in [4.78, 5) is 38.9. The Balaban J connectivity index is 2.11. The minimum Gasteiger partial charge on any atom is -0.478 e. The summed E-state index contributed by atoms with van der Waals surface area (Å²) in [5.74, 6) is -1.05. The molecule has 0 bridgehead atoms. The number of nitrogens with one attached hydrogen (secondary N) is 2. The second-order valence-corrected chi connectivity index (χ2v) is 5.07. The zero-order valence-corrected chi connectivity index (χ0v) is 10.9. The summed E-state index contributed by atoms with van der Waals surface area (Å²) >= 11 is 1.03. The lowest BCUT2D eigenvalue weighted by Crippen LogP contribution is -2.17. The van der Waals surface area contributed by atoms with Crippen LogP contribution in [0.5, 0.6) is 0 Å². The normalized spacial score (nSPS) is 11.0. The number of carboxylic acids is 1. The molecule has 0 aliphatic rings. The summed E-state index contributed by atoms with van der Waals surface area (Å²) in [6.45, 7) is 0.226. The molecule has 0 fully saturated rings. The molecule has 0 spiro atoms. The molecule has 1 aromatic carbocycles. The third-order valence-corrected chi connectivity index (χ3v) is 3.64. The Morgan fingerprint density at radius 3 is 2.75 bits per heavy atom. The Bertz CT molecular complexity index is 915. The zero-order chi connectivity index (χ0) is 14.3. The van der Waals surface area contributed by atoms with Crippen LogP contribution in [0.1, 0.15) is 16.1 Å². The second-order valence-electron chi connectivity index (χ2n) is 4.23. The average Bonchev–Trinajstić information content (AvgIpc) is 2.94. The van der Waals surface area contributed by atoms with Gasteiger partial charge in [-0.2, -0.15) is 0 Å². The topological polar surface area (TPSA) is 108 Å². The van der Waals surface area contributed by atoms with Gasteiger partial charge in [0.1, 0.15) is 0 Å². The third-order valence-electron chi connectivity index (χ3n) is 2.92. The van der Waals surface area contributed by atoms with E-state index in [1.807, 2.05) is 0 Å². The first-order chi connectivity index (χ1) is 9.54. The van der Waals surface area contributed by atoms with E-state index in [2.05, 4.69) is 9.97 Å². The molecule has 0 atom stereocenters. The predicted octanol–water partition coefficient (Wildman–Crippen LogP) is 0.826. The van der Waals surface area contributed by atoms with Gasteiger partial charge in [0.05, 0.1) is 23.1 Å². The number of aromatic nitrogens is 3. The number of rotatable bonds is 3. The van der Waals surface area contributed by atoms with Gasteiger partial charge in [0.2, 0.25) is 0 Å². The van der Waals surface area contributed by atoms with Crippen molar-refractivity contribution in [1.29, 1.82) is 0 Å². The number of thiazole rings is 1. The highest BCUT2D eigenvalue weighted by molar-refractivity contribution is 7.07. The summed E-state index contributed by atoms with van der Waals surface area (Å²) in [6.07, 6.45) is 0. The molecular formula is C12H9N3O4S. The zero-order valence-electron chi connectivity index (χ0n) is 10.0. The predicted molar refractivity (Wildman–Crippen MR) is 73.6 cm³/mol. The largest absolute Gasteiger partial charge is 0.478 e. The first-order valence-electron chi connectivity index (χ1n) is 5.67. The molecule has 0 aliphatic carbocycles. The van der Waals surface area contributed by atoms with Gasteiger partial charge >= 0.3 is 16.5 Å². The van der Waals surface area contributed by atoms with Crippen LogP contribution in [-0.4, -0.2) is 25.6 Å². The highest BCUT2D eigenvalue weighted by Gasteiger charge is 2.11. The molecule has 7 nitrogen and oxygen atoms in total. The van der Waals surface area contributed by atoms with Crippen molar-refractivity contribution < 1.29 is 9.90 Å². The van der Waals surface area contributed by atoms with E-state index in [9.17, 15) is 14.4 Å². The maximum Gasteiger partial charge on any atom is 0.335 e. The number of fused-ring (bicyclic) bond motifs is 1. The van der Waals surface area contributed by atoms with Gasteiger partial charge in [-0.05, 0) is 18.2 Å². The molecule has 8 heteroatoms. The number of aromatic amines is 2. The van der Waals surface area contributed by atoms with E-state index in [0.29, 0.717) is 16.7 Å². The van der Waals surface area contributed by atoms with E-state index in [1.165, 1.54) is 16.7 Å². The van der Waals surface area contributed by atoms with Gasteiger partial charge in [0, 0.05) is 11.1 Å². The second kappa shape index (κ2) is 4.49. The Kier molecular flexibility index (Phi) is 2.79. The third kappa shape index (κ3) is 2.05. The first-order valence-corrected chi connectivity index (χ1v) is 6.55. The number of hydrogen-bond acceptors (Lipinski definition) is 4.